The van der Waals surface area contributed by atoms with E-state index in [0.717, 1.165) is 5.56 Å². The SMILES string of the molecule is CCN(CC(=O)Nc1cccc(OC)c1)C(=O)/C=C/c1cn(Cc2ccccc2)nn1. The number of anilines is 1. The van der Waals surface area contributed by atoms with Crippen LogP contribution in [0.5, 0.6) is 5.75 Å². The minimum atomic E-state index is -0.286. The van der Waals surface area contributed by atoms with Gasteiger partial charge in [-0.15, -0.1) is 5.10 Å². The lowest BCUT2D eigenvalue weighted by molar-refractivity contribution is -0.130. The number of hydrogen-bond donors (Lipinski definition) is 1. The Labute approximate surface area is 181 Å². The summed E-state index contributed by atoms with van der Waals surface area (Å²) >= 11 is 0. The van der Waals surface area contributed by atoms with Crippen LogP contribution in [0, 0.1) is 0 Å². The lowest BCUT2D eigenvalue weighted by Gasteiger charge is -2.18. The number of nitrogens with zero attached hydrogens (tertiary/aromatic N) is 4. The fourth-order valence-corrected chi connectivity index (χ4v) is 2.92. The van der Waals surface area contributed by atoms with Crippen molar-refractivity contribution < 1.29 is 14.3 Å². The standard InChI is InChI=1S/C23H25N5O3/c1-3-27(17-22(29)24-19-10-7-11-21(14-19)31-2)23(30)13-12-20-16-28(26-25-20)15-18-8-5-4-6-9-18/h4-14,16H,3,15,17H2,1-2H3,(H,24,29)/b13-12+. The Kier molecular flexibility index (Phi) is 7.53. The molecular weight excluding hydrogens is 394 g/mol. The highest BCUT2D eigenvalue weighted by atomic mass is 16.5. The number of likely N-dealkylation sites (N-methyl/N-ethyl adjacent to an activating group) is 1. The Bertz CT molecular complexity index is 1050. The van der Waals surface area contributed by atoms with Crippen molar-refractivity contribution >= 4 is 23.6 Å². The molecule has 0 saturated heterocycles. The molecule has 160 valence electrons. The molecule has 0 aliphatic heterocycles. The highest BCUT2D eigenvalue weighted by molar-refractivity contribution is 5.98. The van der Waals surface area contributed by atoms with Crippen LogP contribution < -0.4 is 10.1 Å². The van der Waals surface area contributed by atoms with E-state index in [1.165, 1.54) is 11.0 Å². The largest absolute Gasteiger partial charge is 0.497 e. The van der Waals surface area contributed by atoms with Crippen LogP contribution in [0.3, 0.4) is 0 Å². The summed E-state index contributed by atoms with van der Waals surface area (Å²) in [6.07, 6.45) is 4.77. The zero-order chi connectivity index (χ0) is 22.1. The summed E-state index contributed by atoms with van der Waals surface area (Å²) in [6, 6.07) is 17.0. The number of ether oxygens (including phenoxy) is 1. The highest BCUT2D eigenvalue weighted by Gasteiger charge is 2.14. The lowest BCUT2D eigenvalue weighted by atomic mass is 10.2. The van der Waals surface area contributed by atoms with Crippen LogP contribution in [0.1, 0.15) is 18.2 Å². The predicted octanol–water partition coefficient (Wildman–Crippen LogP) is 2.84. The molecule has 0 spiro atoms. The molecule has 3 rings (SSSR count). The van der Waals surface area contributed by atoms with Crippen LogP contribution in [0.2, 0.25) is 0 Å². The van der Waals surface area contributed by atoms with Crippen molar-refractivity contribution in [3.05, 3.63) is 78.1 Å². The van der Waals surface area contributed by atoms with Gasteiger partial charge in [0.1, 0.15) is 18.0 Å². The second-order valence-corrected chi connectivity index (χ2v) is 6.79. The van der Waals surface area contributed by atoms with E-state index in [1.54, 1.807) is 48.3 Å². The molecule has 2 aromatic carbocycles. The smallest absolute Gasteiger partial charge is 0.247 e. The van der Waals surface area contributed by atoms with Crippen LogP contribution in [-0.2, 0) is 16.1 Å². The van der Waals surface area contributed by atoms with Crippen molar-refractivity contribution in [3.63, 3.8) is 0 Å². The Morgan fingerprint density at radius 3 is 2.71 bits per heavy atom. The zero-order valence-electron chi connectivity index (χ0n) is 17.6. The van der Waals surface area contributed by atoms with Gasteiger partial charge in [-0.1, -0.05) is 41.6 Å². The van der Waals surface area contributed by atoms with Gasteiger partial charge in [0, 0.05) is 24.4 Å². The maximum Gasteiger partial charge on any atom is 0.247 e. The van der Waals surface area contributed by atoms with Gasteiger partial charge in [0.05, 0.1) is 19.9 Å². The number of amides is 2. The Morgan fingerprint density at radius 2 is 1.97 bits per heavy atom. The Morgan fingerprint density at radius 1 is 1.16 bits per heavy atom. The first-order chi connectivity index (χ1) is 15.1. The lowest BCUT2D eigenvalue weighted by Crippen LogP contribution is -2.36. The summed E-state index contributed by atoms with van der Waals surface area (Å²) in [5, 5.41) is 10.9. The maximum absolute atomic E-state index is 12.5. The van der Waals surface area contributed by atoms with E-state index in [9.17, 15) is 9.59 Å². The van der Waals surface area contributed by atoms with Gasteiger partial charge in [0.25, 0.3) is 0 Å². The van der Waals surface area contributed by atoms with Crippen molar-refractivity contribution in [2.75, 3.05) is 25.5 Å². The summed E-state index contributed by atoms with van der Waals surface area (Å²) < 4.78 is 6.86. The van der Waals surface area contributed by atoms with Gasteiger partial charge in [-0.2, -0.15) is 0 Å². The fraction of sp³-hybridized carbons (Fsp3) is 0.217. The second kappa shape index (κ2) is 10.7. The molecule has 0 aliphatic carbocycles. The van der Waals surface area contributed by atoms with E-state index in [1.807, 2.05) is 37.3 Å². The number of hydrogen-bond acceptors (Lipinski definition) is 5. The number of carbonyl (C=O) groups is 2. The summed E-state index contributed by atoms with van der Waals surface area (Å²) in [6.45, 7) is 2.76. The van der Waals surface area contributed by atoms with Crippen LogP contribution in [-0.4, -0.2) is 51.9 Å². The molecule has 0 saturated carbocycles. The average Bonchev–Trinajstić information content (AvgIpc) is 3.23. The quantitative estimate of drug-likeness (QED) is 0.539. The van der Waals surface area contributed by atoms with E-state index >= 15 is 0 Å². The Balaban J connectivity index is 1.55. The highest BCUT2D eigenvalue weighted by Crippen LogP contribution is 2.16. The third kappa shape index (κ3) is 6.53. The van der Waals surface area contributed by atoms with Crippen LogP contribution in [0.15, 0.2) is 66.9 Å². The number of methoxy groups -OCH3 is 1. The number of benzene rings is 2. The Hall–Kier alpha value is -3.94. The molecule has 0 aliphatic rings. The molecule has 3 aromatic rings. The molecule has 2 amide bonds. The predicted molar refractivity (Wildman–Crippen MR) is 118 cm³/mol. The monoisotopic (exact) mass is 419 g/mol. The minimum absolute atomic E-state index is 0.0580. The summed E-state index contributed by atoms with van der Waals surface area (Å²) in [7, 11) is 1.56. The average molecular weight is 419 g/mol. The molecule has 0 fully saturated rings. The van der Waals surface area contributed by atoms with E-state index in [2.05, 4.69) is 15.6 Å². The van der Waals surface area contributed by atoms with Crippen molar-refractivity contribution in [2.45, 2.75) is 13.5 Å². The number of rotatable bonds is 9. The number of carbonyl (C=O) groups excluding carboxylic acids is 2. The summed E-state index contributed by atoms with van der Waals surface area (Å²) in [5.74, 6) is 0.0797. The molecule has 0 unspecified atom stereocenters. The fourth-order valence-electron chi connectivity index (χ4n) is 2.92. The summed E-state index contributed by atoms with van der Waals surface area (Å²) in [5.41, 5.74) is 2.29. The van der Waals surface area contributed by atoms with Crippen molar-refractivity contribution in [3.8, 4) is 5.75 Å². The third-order valence-corrected chi connectivity index (χ3v) is 4.52. The molecule has 8 heteroatoms. The first-order valence-corrected chi connectivity index (χ1v) is 9.92. The van der Waals surface area contributed by atoms with Gasteiger partial charge in [-0.3, -0.25) is 9.59 Å². The van der Waals surface area contributed by atoms with Crippen molar-refractivity contribution in [1.82, 2.24) is 19.9 Å². The van der Waals surface area contributed by atoms with Gasteiger partial charge >= 0.3 is 0 Å². The van der Waals surface area contributed by atoms with Crippen LogP contribution in [0.4, 0.5) is 5.69 Å². The molecule has 8 nitrogen and oxygen atoms in total. The van der Waals surface area contributed by atoms with Gasteiger partial charge in [0.2, 0.25) is 11.8 Å². The van der Waals surface area contributed by atoms with Gasteiger partial charge in [-0.05, 0) is 30.7 Å². The maximum atomic E-state index is 12.5. The van der Waals surface area contributed by atoms with E-state index < -0.39 is 0 Å². The normalized spacial score (nSPS) is 10.8. The number of nitrogens with one attached hydrogen (secondary N) is 1. The number of aromatic nitrogens is 3. The van der Waals surface area contributed by atoms with Crippen molar-refractivity contribution in [2.24, 2.45) is 0 Å². The molecule has 0 radical (unpaired) electrons. The van der Waals surface area contributed by atoms with E-state index in [0.29, 0.717) is 30.2 Å². The first-order valence-electron chi connectivity index (χ1n) is 9.92. The molecule has 1 aromatic heterocycles. The van der Waals surface area contributed by atoms with Crippen LogP contribution >= 0.6 is 0 Å². The topological polar surface area (TPSA) is 89.4 Å². The molecule has 0 atom stereocenters. The molecule has 1 N–H and O–H groups in total. The molecule has 0 bridgehead atoms. The molecular formula is C23H25N5O3. The first kappa shape index (κ1) is 21.8. The zero-order valence-corrected chi connectivity index (χ0v) is 17.6. The van der Waals surface area contributed by atoms with Crippen molar-refractivity contribution in [1.29, 1.82) is 0 Å². The van der Waals surface area contributed by atoms with Crippen LogP contribution in [0.25, 0.3) is 6.08 Å². The minimum Gasteiger partial charge on any atom is -0.497 e. The van der Waals surface area contributed by atoms with Gasteiger partial charge in [0.15, 0.2) is 0 Å². The summed E-state index contributed by atoms with van der Waals surface area (Å²) in [4.78, 5) is 26.3. The molecule has 31 heavy (non-hydrogen) atoms. The van der Waals surface area contributed by atoms with Gasteiger partial charge < -0.3 is 15.0 Å². The van der Waals surface area contributed by atoms with E-state index in [4.69, 9.17) is 4.74 Å². The third-order valence-electron chi connectivity index (χ3n) is 4.52. The molecule has 1 heterocycles. The second-order valence-electron chi connectivity index (χ2n) is 6.79. The van der Waals surface area contributed by atoms with E-state index in [-0.39, 0.29) is 18.4 Å². The van der Waals surface area contributed by atoms with Gasteiger partial charge in [-0.25, -0.2) is 4.68 Å².